The van der Waals surface area contributed by atoms with Crippen molar-refractivity contribution in [3.63, 3.8) is 0 Å². The van der Waals surface area contributed by atoms with Gasteiger partial charge in [0.05, 0.1) is 13.2 Å². The molecule has 1 aliphatic rings. The lowest BCUT2D eigenvalue weighted by molar-refractivity contribution is -0.141. The third-order valence-electron chi connectivity index (χ3n) is 4.58. The maximum absolute atomic E-state index is 11.2. The van der Waals surface area contributed by atoms with Gasteiger partial charge in [-0.2, -0.15) is 0 Å². The van der Waals surface area contributed by atoms with Crippen LogP contribution in [0.25, 0.3) is 0 Å². The number of methoxy groups -OCH3 is 1. The fraction of sp³-hybridized carbons (Fsp3) is 0.611. The normalized spacial score (nSPS) is 18.1. The number of carbonyl (C=O) groups is 1. The molecular formula is C18H27NO3. The van der Waals surface area contributed by atoms with Crippen LogP contribution in [-0.2, 0) is 9.53 Å². The highest BCUT2D eigenvalue weighted by Gasteiger charge is 2.22. The number of benzene rings is 1. The van der Waals surface area contributed by atoms with E-state index in [-0.39, 0.29) is 5.97 Å². The predicted molar refractivity (Wildman–Crippen MR) is 86.6 cm³/mol. The Bertz CT molecular complexity index is 464. The molecule has 1 unspecified atom stereocenters. The van der Waals surface area contributed by atoms with Gasteiger partial charge in [0, 0.05) is 13.0 Å². The Hall–Kier alpha value is -1.39. The van der Waals surface area contributed by atoms with Gasteiger partial charge in [-0.15, -0.1) is 0 Å². The molecule has 4 nitrogen and oxygen atoms in total. The molecular weight excluding hydrogens is 278 g/mol. The molecule has 0 amide bonds. The van der Waals surface area contributed by atoms with Crippen LogP contribution in [-0.4, -0.2) is 42.7 Å². The summed E-state index contributed by atoms with van der Waals surface area (Å²) in [6.45, 7) is 4.73. The molecule has 0 spiro atoms. The second-order valence-electron chi connectivity index (χ2n) is 6.29. The van der Waals surface area contributed by atoms with E-state index in [0.29, 0.717) is 18.9 Å². The van der Waals surface area contributed by atoms with Gasteiger partial charge in [0.1, 0.15) is 0 Å². The number of rotatable bonds is 6. The molecule has 1 atom stereocenters. The minimum Gasteiger partial charge on any atom is -0.469 e. The molecule has 0 aromatic heterocycles. The first-order valence-electron chi connectivity index (χ1n) is 8.12. The van der Waals surface area contributed by atoms with E-state index in [1.807, 2.05) is 24.3 Å². The first-order valence-corrected chi connectivity index (χ1v) is 8.12. The summed E-state index contributed by atoms with van der Waals surface area (Å²) in [5.74, 6) is 0.490. The number of piperidine rings is 1. The van der Waals surface area contributed by atoms with Crippen molar-refractivity contribution >= 4 is 5.97 Å². The predicted octanol–water partition coefficient (Wildman–Crippen LogP) is 2.69. The summed E-state index contributed by atoms with van der Waals surface area (Å²) in [6, 6.07) is 8.08. The number of likely N-dealkylation sites (tertiary alicyclic amines) is 1. The maximum Gasteiger partial charge on any atom is 0.305 e. The molecule has 1 heterocycles. The van der Waals surface area contributed by atoms with E-state index < -0.39 is 6.10 Å². The van der Waals surface area contributed by atoms with Crippen molar-refractivity contribution in [1.29, 1.82) is 0 Å². The molecule has 4 heteroatoms. The summed E-state index contributed by atoms with van der Waals surface area (Å²) in [4.78, 5) is 13.5. The van der Waals surface area contributed by atoms with Gasteiger partial charge in [-0.1, -0.05) is 29.8 Å². The summed E-state index contributed by atoms with van der Waals surface area (Å²) in [7, 11) is 1.44. The average molecular weight is 305 g/mol. The highest BCUT2D eigenvalue weighted by molar-refractivity contribution is 5.69. The quantitative estimate of drug-likeness (QED) is 0.821. The fourth-order valence-corrected chi connectivity index (χ4v) is 3.02. The second-order valence-corrected chi connectivity index (χ2v) is 6.29. The van der Waals surface area contributed by atoms with Crippen molar-refractivity contribution < 1.29 is 14.6 Å². The number of nitrogens with zero attached hydrogens (tertiary/aromatic N) is 1. The van der Waals surface area contributed by atoms with E-state index in [9.17, 15) is 9.90 Å². The number of esters is 1. The van der Waals surface area contributed by atoms with E-state index in [0.717, 1.165) is 37.9 Å². The van der Waals surface area contributed by atoms with E-state index in [4.69, 9.17) is 0 Å². The zero-order valence-electron chi connectivity index (χ0n) is 13.6. The Morgan fingerprint density at radius 3 is 2.55 bits per heavy atom. The zero-order valence-corrected chi connectivity index (χ0v) is 13.6. The van der Waals surface area contributed by atoms with Crippen LogP contribution >= 0.6 is 0 Å². The molecule has 1 saturated heterocycles. The topological polar surface area (TPSA) is 49.8 Å². The average Bonchev–Trinajstić information content (AvgIpc) is 2.54. The standard InChI is InChI=1S/C18H27NO3/c1-14-3-6-16(7-4-14)17(20)13-19-11-9-15(10-12-19)5-8-18(21)22-2/h3-4,6-7,15,17,20H,5,8-13H2,1-2H3. The Morgan fingerprint density at radius 1 is 1.32 bits per heavy atom. The minimum atomic E-state index is -0.424. The summed E-state index contributed by atoms with van der Waals surface area (Å²) in [5, 5.41) is 10.3. The van der Waals surface area contributed by atoms with Gasteiger partial charge in [0.25, 0.3) is 0 Å². The molecule has 0 radical (unpaired) electrons. The number of β-amino-alcohol motifs (C(OH)–C–C–N with tert-alkyl or cyclic N) is 1. The molecule has 1 aromatic carbocycles. The van der Waals surface area contributed by atoms with Crippen molar-refractivity contribution in [1.82, 2.24) is 4.90 Å². The number of hydrogen-bond donors (Lipinski definition) is 1. The van der Waals surface area contributed by atoms with Crippen LogP contribution in [0.5, 0.6) is 0 Å². The van der Waals surface area contributed by atoms with Crippen LogP contribution < -0.4 is 0 Å². The van der Waals surface area contributed by atoms with Gasteiger partial charge in [-0.3, -0.25) is 4.79 Å². The van der Waals surface area contributed by atoms with Crippen molar-refractivity contribution in [2.75, 3.05) is 26.7 Å². The summed E-state index contributed by atoms with van der Waals surface area (Å²) in [5.41, 5.74) is 2.20. The smallest absolute Gasteiger partial charge is 0.305 e. The molecule has 0 aliphatic carbocycles. The molecule has 0 bridgehead atoms. The molecule has 1 aliphatic heterocycles. The molecule has 1 N–H and O–H groups in total. The van der Waals surface area contributed by atoms with Crippen LogP contribution in [0.1, 0.15) is 42.9 Å². The first kappa shape index (κ1) is 17.0. The highest BCUT2D eigenvalue weighted by atomic mass is 16.5. The molecule has 22 heavy (non-hydrogen) atoms. The van der Waals surface area contributed by atoms with Crippen LogP contribution in [0.15, 0.2) is 24.3 Å². The van der Waals surface area contributed by atoms with Gasteiger partial charge >= 0.3 is 5.97 Å². The maximum atomic E-state index is 11.2. The monoisotopic (exact) mass is 305 g/mol. The Kier molecular flexibility index (Phi) is 6.40. The minimum absolute atomic E-state index is 0.114. The summed E-state index contributed by atoms with van der Waals surface area (Å²) >= 11 is 0. The lowest BCUT2D eigenvalue weighted by Gasteiger charge is -2.33. The van der Waals surface area contributed by atoms with Crippen molar-refractivity contribution in [3.05, 3.63) is 35.4 Å². The summed E-state index contributed by atoms with van der Waals surface area (Å²) in [6.07, 6.45) is 3.20. The SMILES string of the molecule is COC(=O)CCC1CCN(CC(O)c2ccc(C)cc2)CC1. The highest BCUT2D eigenvalue weighted by Crippen LogP contribution is 2.24. The van der Waals surface area contributed by atoms with Gasteiger partial charge in [0.2, 0.25) is 0 Å². The van der Waals surface area contributed by atoms with E-state index in [2.05, 4.69) is 16.6 Å². The van der Waals surface area contributed by atoms with Crippen LogP contribution in [0.4, 0.5) is 0 Å². The third kappa shape index (κ3) is 5.11. The first-order chi connectivity index (χ1) is 10.6. The number of ether oxygens (including phenoxy) is 1. The second kappa shape index (κ2) is 8.30. The number of carbonyl (C=O) groups excluding carboxylic acids is 1. The van der Waals surface area contributed by atoms with Crippen LogP contribution in [0.3, 0.4) is 0 Å². The molecule has 0 saturated carbocycles. The van der Waals surface area contributed by atoms with Crippen molar-refractivity contribution in [2.24, 2.45) is 5.92 Å². The number of hydrogen-bond acceptors (Lipinski definition) is 4. The molecule has 2 rings (SSSR count). The van der Waals surface area contributed by atoms with E-state index >= 15 is 0 Å². The molecule has 1 aromatic rings. The van der Waals surface area contributed by atoms with Crippen LogP contribution in [0, 0.1) is 12.8 Å². The number of aliphatic hydroxyl groups excluding tert-OH is 1. The molecule has 1 fully saturated rings. The molecule has 122 valence electrons. The van der Waals surface area contributed by atoms with Crippen molar-refractivity contribution in [3.8, 4) is 0 Å². The lowest BCUT2D eigenvalue weighted by atomic mass is 9.92. The van der Waals surface area contributed by atoms with Crippen molar-refractivity contribution in [2.45, 2.75) is 38.7 Å². The van der Waals surface area contributed by atoms with Gasteiger partial charge < -0.3 is 14.7 Å². The fourth-order valence-electron chi connectivity index (χ4n) is 3.02. The third-order valence-corrected chi connectivity index (χ3v) is 4.58. The van der Waals surface area contributed by atoms with E-state index in [1.54, 1.807) is 0 Å². The summed E-state index contributed by atoms with van der Waals surface area (Å²) < 4.78 is 4.69. The zero-order chi connectivity index (χ0) is 15.9. The lowest BCUT2D eigenvalue weighted by Crippen LogP contribution is -2.36. The Labute approximate surface area is 133 Å². The number of aryl methyl sites for hydroxylation is 1. The van der Waals surface area contributed by atoms with Gasteiger partial charge in [-0.05, 0) is 50.8 Å². The van der Waals surface area contributed by atoms with E-state index in [1.165, 1.54) is 12.7 Å². The Morgan fingerprint density at radius 2 is 1.95 bits per heavy atom. The van der Waals surface area contributed by atoms with Gasteiger partial charge in [0.15, 0.2) is 0 Å². The Balaban J connectivity index is 1.72. The van der Waals surface area contributed by atoms with Gasteiger partial charge in [-0.25, -0.2) is 0 Å². The van der Waals surface area contributed by atoms with Crippen LogP contribution in [0.2, 0.25) is 0 Å². The largest absolute Gasteiger partial charge is 0.469 e. The number of aliphatic hydroxyl groups is 1.